The molecule has 0 saturated heterocycles. The second-order valence-corrected chi connectivity index (χ2v) is 10.7. The average Bonchev–Trinajstić information content (AvgIpc) is 2.61. The first-order valence-corrected chi connectivity index (χ1v) is 13.4. The summed E-state index contributed by atoms with van der Waals surface area (Å²) in [6, 6.07) is 9.45. The van der Waals surface area contributed by atoms with E-state index in [0.29, 0.717) is 0 Å². The molecular formula is C20H37NO3Sn+2. The Morgan fingerprint density at radius 1 is 1.12 bits per heavy atom. The molecule has 2 radical (unpaired) electrons. The molecule has 0 amide bonds. The fourth-order valence-corrected chi connectivity index (χ4v) is 6.45. The number of carbonyl (C=O) groups is 1. The van der Waals surface area contributed by atoms with Crippen molar-refractivity contribution in [3.05, 3.63) is 35.9 Å². The normalized spacial score (nSPS) is 13.0. The van der Waals surface area contributed by atoms with Crippen molar-refractivity contribution in [1.82, 2.24) is 4.90 Å². The second-order valence-electron chi connectivity index (χ2n) is 6.42. The van der Waals surface area contributed by atoms with Gasteiger partial charge in [-0.1, -0.05) is 30.3 Å². The molecule has 0 aliphatic heterocycles. The maximum absolute atomic E-state index is 10.7. The Bertz CT molecular complexity index is 436. The van der Waals surface area contributed by atoms with Gasteiger partial charge in [0, 0.05) is 10.4 Å². The summed E-state index contributed by atoms with van der Waals surface area (Å²) in [5, 5.41) is 15.0. The van der Waals surface area contributed by atoms with Gasteiger partial charge in [-0.3, -0.25) is 4.90 Å². The molecule has 0 saturated carbocycles. The van der Waals surface area contributed by atoms with Gasteiger partial charge >= 0.3 is 75.5 Å². The molecule has 142 valence electrons. The predicted molar refractivity (Wildman–Crippen MR) is 109 cm³/mol. The molecule has 0 aliphatic carbocycles. The van der Waals surface area contributed by atoms with Gasteiger partial charge in [0.25, 0.3) is 0 Å². The van der Waals surface area contributed by atoms with E-state index in [9.17, 15) is 4.79 Å². The van der Waals surface area contributed by atoms with Crippen molar-refractivity contribution in [2.45, 2.75) is 67.5 Å². The Kier molecular flexibility index (Phi) is 15.3. The summed E-state index contributed by atoms with van der Waals surface area (Å²) < 4.78 is 3.25. The van der Waals surface area contributed by atoms with Gasteiger partial charge in [0.2, 0.25) is 0 Å². The summed E-state index contributed by atoms with van der Waals surface area (Å²) in [7, 11) is 1.77. The van der Waals surface area contributed by atoms with Crippen LogP contribution >= 0.6 is 0 Å². The third-order valence-electron chi connectivity index (χ3n) is 4.14. The quantitative estimate of drug-likeness (QED) is 0.291. The molecule has 1 rings (SSSR count). The first-order chi connectivity index (χ1) is 11.9. The summed E-state index contributed by atoms with van der Waals surface area (Å²) >= 11 is 0.149. The molecule has 0 aromatic heterocycles. The number of benzene rings is 1. The van der Waals surface area contributed by atoms with Crippen LogP contribution in [0.2, 0.25) is 8.87 Å². The Balaban J connectivity index is 0.000000547. The van der Waals surface area contributed by atoms with Crippen molar-refractivity contribution in [3.63, 3.8) is 0 Å². The number of hydrogen-bond donors (Lipinski definition) is 0. The van der Waals surface area contributed by atoms with Crippen molar-refractivity contribution in [3.8, 4) is 0 Å². The van der Waals surface area contributed by atoms with Crippen LogP contribution in [0.25, 0.3) is 0 Å². The van der Waals surface area contributed by atoms with Crippen molar-refractivity contribution < 1.29 is 15.0 Å². The number of carbonyl (C=O) groups excluding carboxylic acids is 1. The topological polar surface area (TPSA) is 66.1 Å². The van der Waals surface area contributed by atoms with E-state index >= 15 is 0 Å². The van der Waals surface area contributed by atoms with E-state index in [1.165, 1.54) is 25.7 Å². The molecule has 2 unspecified atom stereocenters. The van der Waals surface area contributed by atoms with Crippen LogP contribution in [-0.4, -0.2) is 61.9 Å². The SMILES string of the molecule is CC(C([OH2+])c1ccccc1)N(C)CC(=O)[OH2+].CCC[CH2][Sn][CH2]CCC. The Labute approximate surface area is 163 Å². The van der Waals surface area contributed by atoms with E-state index in [0.717, 1.165) is 5.56 Å². The van der Waals surface area contributed by atoms with Crippen LogP contribution in [0.3, 0.4) is 0 Å². The number of nitrogens with zero attached hydrogens (tertiary/aromatic N) is 1. The maximum atomic E-state index is 10.7. The van der Waals surface area contributed by atoms with Gasteiger partial charge < -0.3 is 10.2 Å². The zero-order valence-electron chi connectivity index (χ0n) is 16.3. The van der Waals surface area contributed by atoms with E-state index in [1.807, 2.05) is 37.3 Å². The summed E-state index contributed by atoms with van der Waals surface area (Å²) in [5.41, 5.74) is 0.930. The molecule has 5 heteroatoms. The van der Waals surface area contributed by atoms with Crippen LogP contribution in [0.4, 0.5) is 0 Å². The first kappa shape index (κ1) is 24.4. The minimum atomic E-state index is -0.616. The molecule has 4 nitrogen and oxygen atoms in total. The van der Waals surface area contributed by atoms with Crippen molar-refractivity contribution in [2.24, 2.45) is 0 Å². The zero-order valence-corrected chi connectivity index (χ0v) is 19.2. The number of rotatable bonds is 11. The molecule has 0 aliphatic rings. The van der Waals surface area contributed by atoms with Crippen LogP contribution in [0, 0.1) is 0 Å². The van der Waals surface area contributed by atoms with E-state index in [-0.39, 0.29) is 33.7 Å². The minimum absolute atomic E-state index is 0.0728. The van der Waals surface area contributed by atoms with Crippen LogP contribution in [-0.2, 0) is 4.79 Å². The second kappa shape index (κ2) is 15.6. The molecule has 0 heterocycles. The Morgan fingerprint density at radius 3 is 2.08 bits per heavy atom. The fraction of sp³-hybridized carbons (Fsp3) is 0.650. The van der Waals surface area contributed by atoms with Crippen LogP contribution in [0.15, 0.2) is 30.3 Å². The Hall–Kier alpha value is -0.591. The molecule has 0 fully saturated rings. The molecule has 2 atom stereocenters. The zero-order chi connectivity index (χ0) is 19.1. The van der Waals surface area contributed by atoms with Gasteiger partial charge in [0.1, 0.15) is 0 Å². The third-order valence-corrected chi connectivity index (χ3v) is 8.18. The number of hydrogen-bond acceptors (Lipinski definition) is 2. The fourth-order valence-electron chi connectivity index (χ4n) is 2.29. The van der Waals surface area contributed by atoms with Crippen LogP contribution in [0.5, 0.6) is 0 Å². The summed E-state index contributed by atoms with van der Waals surface area (Å²) in [4.78, 5) is 12.4. The summed E-state index contributed by atoms with van der Waals surface area (Å²) in [6.45, 7) is 6.55. The van der Waals surface area contributed by atoms with Crippen molar-refractivity contribution in [2.75, 3.05) is 13.6 Å². The summed E-state index contributed by atoms with van der Waals surface area (Å²) in [5.74, 6) is -0.616. The summed E-state index contributed by atoms with van der Waals surface area (Å²) in [6.07, 6.45) is 5.44. The first-order valence-electron chi connectivity index (χ1n) is 9.35. The monoisotopic (exact) mass is 459 g/mol. The van der Waals surface area contributed by atoms with E-state index in [2.05, 4.69) is 13.8 Å². The predicted octanol–water partition coefficient (Wildman–Crippen LogP) is 3.15. The Morgan fingerprint density at radius 2 is 1.64 bits per heavy atom. The molecule has 25 heavy (non-hydrogen) atoms. The molecule has 0 bridgehead atoms. The van der Waals surface area contributed by atoms with E-state index in [1.54, 1.807) is 20.8 Å². The number of unbranched alkanes of at least 4 members (excludes halogenated alkanes) is 2. The van der Waals surface area contributed by atoms with E-state index in [4.69, 9.17) is 10.2 Å². The van der Waals surface area contributed by atoms with Gasteiger partial charge in [-0.25, -0.2) is 0 Å². The number of likely N-dealkylation sites (N-methyl/N-ethyl adjacent to an activating group) is 1. The molecule has 0 spiro atoms. The van der Waals surface area contributed by atoms with Gasteiger partial charge in [0.05, 0.1) is 6.04 Å². The van der Waals surface area contributed by atoms with Crippen molar-refractivity contribution in [1.29, 1.82) is 0 Å². The third kappa shape index (κ3) is 12.4. The molecule has 4 N–H and O–H groups in total. The van der Waals surface area contributed by atoms with Crippen LogP contribution in [0.1, 0.15) is 58.1 Å². The van der Waals surface area contributed by atoms with Gasteiger partial charge in [-0.05, 0) is 14.0 Å². The molecule has 1 aromatic rings. The van der Waals surface area contributed by atoms with Gasteiger partial charge in [0.15, 0.2) is 12.6 Å². The molecule has 1 aromatic carbocycles. The van der Waals surface area contributed by atoms with E-state index < -0.39 is 12.1 Å². The van der Waals surface area contributed by atoms with Gasteiger partial charge in [-0.2, -0.15) is 0 Å². The average molecular weight is 458 g/mol. The standard InChI is InChI=1S/C12H17NO3.2C4H9.Sn/c1-9(13(2)8-11(14)15)12(16)10-6-4-3-5-7-10;2*1-3-4-2;/h3-7,9,12,16H,8H2,1-2H3,(H,14,15);2*1,3-4H2,2H3;/p+2. The van der Waals surface area contributed by atoms with Crippen LogP contribution < -0.4 is 0 Å². The van der Waals surface area contributed by atoms with Crippen molar-refractivity contribution >= 4 is 27.1 Å². The molecular weight excluding hydrogens is 421 g/mol. The van der Waals surface area contributed by atoms with Gasteiger partial charge in [-0.15, -0.1) is 0 Å².